The molecule has 0 saturated heterocycles. The van der Waals surface area contributed by atoms with E-state index in [0.29, 0.717) is 24.6 Å². The maximum atomic E-state index is 11.7. The average molecular weight is 315 g/mol. The lowest BCUT2D eigenvalue weighted by molar-refractivity contribution is -0.116. The predicted molar refractivity (Wildman–Crippen MR) is 76.8 cm³/mol. The van der Waals surface area contributed by atoms with Gasteiger partial charge < -0.3 is 15.8 Å². The molecule has 1 unspecified atom stereocenters. The summed E-state index contributed by atoms with van der Waals surface area (Å²) in [4.78, 5) is 11.7. The highest BCUT2D eigenvalue weighted by Crippen LogP contribution is 2.27. The Morgan fingerprint density at radius 3 is 2.89 bits per heavy atom. The molecule has 100 valence electrons. The largest absolute Gasteiger partial charge is 0.495 e. The number of methoxy groups -OCH3 is 1. The van der Waals surface area contributed by atoms with Crippen molar-refractivity contribution in [1.29, 1.82) is 0 Å². The first kappa shape index (κ1) is 15.0. The maximum Gasteiger partial charge on any atom is 0.224 e. The van der Waals surface area contributed by atoms with E-state index in [2.05, 4.69) is 21.2 Å². The molecule has 0 radical (unpaired) electrons. The molecule has 1 aromatic carbocycles. The molecule has 1 rings (SSSR count). The van der Waals surface area contributed by atoms with Crippen LogP contribution in [0.25, 0.3) is 0 Å². The molecule has 0 aliphatic heterocycles. The molecule has 0 spiro atoms. The van der Waals surface area contributed by atoms with Crippen LogP contribution in [0.3, 0.4) is 0 Å². The van der Waals surface area contributed by atoms with Crippen LogP contribution in [0.1, 0.15) is 19.8 Å². The molecule has 0 aliphatic carbocycles. The van der Waals surface area contributed by atoms with Gasteiger partial charge in [0.1, 0.15) is 5.75 Å². The summed E-state index contributed by atoms with van der Waals surface area (Å²) in [6, 6.07) is 5.46. The van der Waals surface area contributed by atoms with Crippen LogP contribution in [0.2, 0.25) is 0 Å². The van der Waals surface area contributed by atoms with E-state index in [1.807, 2.05) is 19.1 Å². The lowest BCUT2D eigenvalue weighted by Gasteiger charge is -2.10. The van der Waals surface area contributed by atoms with Gasteiger partial charge in [-0.3, -0.25) is 4.79 Å². The third kappa shape index (κ3) is 4.66. The number of nitrogens with two attached hydrogens (primary N) is 1. The number of hydrogen-bond donors (Lipinski definition) is 2. The van der Waals surface area contributed by atoms with Gasteiger partial charge in [-0.15, -0.1) is 0 Å². The standard InChI is InChI=1S/C13H19BrN2O2/c1-9(8-15)3-6-13(17)16-10-4-5-11(14)12(7-10)18-2/h4-5,7,9H,3,6,8,15H2,1-2H3,(H,16,17). The average Bonchev–Trinajstić information content (AvgIpc) is 2.38. The molecule has 1 amide bonds. The molecule has 5 heteroatoms. The molecule has 3 N–H and O–H groups in total. The van der Waals surface area contributed by atoms with Crippen LogP contribution >= 0.6 is 15.9 Å². The summed E-state index contributed by atoms with van der Waals surface area (Å²) in [6.07, 6.45) is 1.28. The quantitative estimate of drug-likeness (QED) is 0.848. The SMILES string of the molecule is COc1cc(NC(=O)CCC(C)CN)ccc1Br. The smallest absolute Gasteiger partial charge is 0.224 e. The first-order valence-electron chi connectivity index (χ1n) is 5.90. The number of ether oxygens (including phenoxy) is 1. The Kier molecular flexibility index (Phi) is 6.15. The van der Waals surface area contributed by atoms with Crippen molar-refractivity contribution in [2.45, 2.75) is 19.8 Å². The van der Waals surface area contributed by atoms with Crippen LogP contribution in [0.4, 0.5) is 5.69 Å². The molecule has 18 heavy (non-hydrogen) atoms. The highest BCUT2D eigenvalue weighted by atomic mass is 79.9. The van der Waals surface area contributed by atoms with Crippen molar-refractivity contribution >= 4 is 27.5 Å². The van der Waals surface area contributed by atoms with Crippen molar-refractivity contribution in [2.75, 3.05) is 19.0 Å². The fourth-order valence-electron chi connectivity index (χ4n) is 1.46. The molecular formula is C13H19BrN2O2. The first-order valence-corrected chi connectivity index (χ1v) is 6.69. The van der Waals surface area contributed by atoms with E-state index >= 15 is 0 Å². The Labute approximate surface area is 116 Å². The molecule has 0 bridgehead atoms. The number of nitrogens with one attached hydrogen (secondary N) is 1. The lowest BCUT2D eigenvalue weighted by Crippen LogP contribution is -2.16. The summed E-state index contributed by atoms with van der Waals surface area (Å²) in [5.74, 6) is 1.07. The number of amides is 1. The molecular weight excluding hydrogens is 296 g/mol. The molecule has 1 atom stereocenters. The zero-order valence-electron chi connectivity index (χ0n) is 10.7. The van der Waals surface area contributed by atoms with Crippen molar-refractivity contribution in [2.24, 2.45) is 11.7 Å². The monoisotopic (exact) mass is 314 g/mol. The van der Waals surface area contributed by atoms with E-state index in [0.717, 1.165) is 16.6 Å². The van der Waals surface area contributed by atoms with Gasteiger partial charge in [-0.2, -0.15) is 0 Å². The van der Waals surface area contributed by atoms with Crippen LogP contribution in [0.15, 0.2) is 22.7 Å². The second-order valence-electron chi connectivity index (χ2n) is 4.28. The summed E-state index contributed by atoms with van der Waals surface area (Å²) >= 11 is 3.36. The summed E-state index contributed by atoms with van der Waals surface area (Å²) in [7, 11) is 1.59. The predicted octanol–water partition coefficient (Wildman–Crippen LogP) is 2.77. The molecule has 0 aliphatic rings. The second-order valence-corrected chi connectivity index (χ2v) is 5.13. The fraction of sp³-hybridized carbons (Fsp3) is 0.462. The minimum absolute atomic E-state index is 0.000300. The summed E-state index contributed by atoms with van der Waals surface area (Å²) in [5.41, 5.74) is 6.25. The van der Waals surface area contributed by atoms with Crippen LogP contribution in [-0.4, -0.2) is 19.6 Å². The van der Waals surface area contributed by atoms with Crippen LogP contribution in [-0.2, 0) is 4.79 Å². The van der Waals surface area contributed by atoms with Gasteiger partial charge in [0.2, 0.25) is 5.91 Å². The number of carbonyl (C=O) groups excluding carboxylic acids is 1. The third-order valence-electron chi connectivity index (χ3n) is 2.70. The topological polar surface area (TPSA) is 64.3 Å². The number of rotatable bonds is 6. The Morgan fingerprint density at radius 1 is 1.56 bits per heavy atom. The minimum atomic E-state index is -0.000300. The van der Waals surface area contributed by atoms with Gasteiger partial charge in [-0.1, -0.05) is 6.92 Å². The Bertz CT molecular complexity index is 410. The Balaban J connectivity index is 2.54. The van der Waals surface area contributed by atoms with Crippen LogP contribution in [0, 0.1) is 5.92 Å². The molecule has 0 aromatic heterocycles. The van der Waals surface area contributed by atoms with Crippen molar-refractivity contribution in [3.63, 3.8) is 0 Å². The van der Waals surface area contributed by atoms with Crippen molar-refractivity contribution in [3.05, 3.63) is 22.7 Å². The molecule has 4 nitrogen and oxygen atoms in total. The van der Waals surface area contributed by atoms with Gasteiger partial charge in [0.25, 0.3) is 0 Å². The number of hydrogen-bond acceptors (Lipinski definition) is 3. The molecule has 0 fully saturated rings. The van der Waals surface area contributed by atoms with Gasteiger partial charge in [0.15, 0.2) is 0 Å². The van der Waals surface area contributed by atoms with Crippen molar-refractivity contribution in [3.8, 4) is 5.75 Å². The summed E-state index contributed by atoms with van der Waals surface area (Å²) in [5, 5.41) is 2.84. The number of anilines is 1. The van der Waals surface area contributed by atoms with E-state index in [4.69, 9.17) is 10.5 Å². The minimum Gasteiger partial charge on any atom is -0.495 e. The third-order valence-corrected chi connectivity index (χ3v) is 3.36. The number of benzene rings is 1. The molecule has 0 heterocycles. The van der Waals surface area contributed by atoms with E-state index < -0.39 is 0 Å². The van der Waals surface area contributed by atoms with Gasteiger partial charge in [0.05, 0.1) is 11.6 Å². The molecule has 0 saturated carbocycles. The summed E-state index contributed by atoms with van der Waals surface area (Å²) in [6.45, 7) is 2.65. The van der Waals surface area contributed by atoms with Gasteiger partial charge in [-0.25, -0.2) is 0 Å². The number of halogens is 1. The fourth-order valence-corrected chi connectivity index (χ4v) is 1.86. The van der Waals surface area contributed by atoms with Gasteiger partial charge in [0, 0.05) is 18.2 Å². The highest BCUT2D eigenvalue weighted by Gasteiger charge is 2.07. The zero-order chi connectivity index (χ0) is 13.5. The number of carbonyl (C=O) groups is 1. The maximum absolute atomic E-state index is 11.7. The van der Waals surface area contributed by atoms with E-state index in [1.165, 1.54) is 0 Å². The van der Waals surface area contributed by atoms with Crippen LogP contribution in [0.5, 0.6) is 5.75 Å². The first-order chi connectivity index (χ1) is 8.56. The van der Waals surface area contributed by atoms with Gasteiger partial charge >= 0.3 is 0 Å². The lowest BCUT2D eigenvalue weighted by atomic mass is 10.1. The second kappa shape index (κ2) is 7.38. The van der Waals surface area contributed by atoms with E-state index in [9.17, 15) is 4.79 Å². The summed E-state index contributed by atoms with van der Waals surface area (Å²) < 4.78 is 6.03. The van der Waals surface area contributed by atoms with Crippen molar-refractivity contribution in [1.82, 2.24) is 0 Å². The normalized spacial score (nSPS) is 12.0. The van der Waals surface area contributed by atoms with Gasteiger partial charge in [-0.05, 0) is 46.9 Å². The Hall–Kier alpha value is -1.07. The van der Waals surface area contributed by atoms with Crippen molar-refractivity contribution < 1.29 is 9.53 Å². The van der Waals surface area contributed by atoms with Crippen LogP contribution < -0.4 is 15.8 Å². The highest BCUT2D eigenvalue weighted by molar-refractivity contribution is 9.10. The Morgan fingerprint density at radius 2 is 2.28 bits per heavy atom. The van der Waals surface area contributed by atoms with E-state index in [-0.39, 0.29) is 5.91 Å². The molecule has 1 aromatic rings. The zero-order valence-corrected chi connectivity index (χ0v) is 12.3. The van der Waals surface area contributed by atoms with E-state index in [1.54, 1.807) is 13.2 Å².